The maximum atomic E-state index is 12.3. The Balaban J connectivity index is 3.74. The van der Waals surface area contributed by atoms with Gasteiger partial charge in [0.1, 0.15) is 0 Å². The lowest BCUT2D eigenvalue weighted by Crippen LogP contribution is -2.28. The number of carbonyl (C=O) groups is 2. The minimum Gasteiger partial charge on any atom is -0.466 e. The highest BCUT2D eigenvalue weighted by atomic mass is 16.5. The second kappa shape index (κ2) is 34.2. The second-order valence-electron chi connectivity index (χ2n) is 14.0. The zero-order valence-electron chi connectivity index (χ0n) is 30.6. The minimum atomic E-state index is -0.0286. The molecule has 268 valence electrons. The molecule has 0 aliphatic rings. The average Bonchev–Trinajstić information content (AvgIpc) is 3.02. The van der Waals surface area contributed by atoms with Crippen molar-refractivity contribution in [3.05, 3.63) is 0 Å². The summed E-state index contributed by atoms with van der Waals surface area (Å²) in [5.41, 5.74) is 0. The third-order valence-corrected chi connectivity index (χ3v) is 8.93. The van der Waals surface area contributed by atoms with E-state index in [4.69, 9.17) is 9.47 Å². The number of esters is 2. The summed E-state index contributed by atoms with van der Waals surface area (Å²) in [5.74, 6) is 0.742. The Morgan fingerprint density at radius 1 is 0.556 bits per heavy atom. The summed E-state index contributed by atoms with van der Waals surface area (Å²) >= 11 is 0. The Bertz CT molecular complexity index is 641. The molecule has 1 atom stereocenters. The highest BCUT2D eigenvalue weighted by Gasteiger charge is 2.14. The van der Waals surface area contributed by atoms with Gasteiger partial charge in [0, 0.05) is 19.6 Å². The first-order valence-corrected chi connectivity index (χ1v) is 19.6. The molecule has 0 saturated heterocycles. The number of hydrogen-bond donors (Lipinski definition) is 1. The molecule has 0 aromatic carbocycles. The van der Waals surface area contributed by atoms with Crippen molar-refractivity contribution in [2.75, 3.05) is 39.5 Å². The molecule has 6 heteroatoms. The Labute approximate surface area is 280 Å². The lowest BCUT2D eigenvalue weighted by Gasteiger charge is -2.22. The van der Waals surface area contributed by atoms with Crippen molar-refractivity contribution in [1.82, 2.24) is 4.90 Å². The van der Waals surface area contributed by atoms with E-state index in [0.717, 1.165) is 89.8 Å². The average molecular weight is 640 g/mol. The SMILES string of the molecule is CCCCCCCCCOC(=O)CCCCCCCN(CCCO)CCCCCCC(C)C(=O)OCCCCCCCC(C)C. The number of nitrogens with zero attached hydrogens (tertiary/aromatic N) is 1. The Morgan fingerprint density at radius 2 is 1.02 bits per heavy atom. The first kappa shape index (κ1) is 43.9. The Kier molecular flexibility index (Phi) is 33.3. The van der Waals surface area contributed by atoms with Gasteiger partial charge in [-0.15, -0.1) is 0 Å². The van der Waals surface area contributed by atoms with E-state index in [0.29, 0.717) is 19.6 Å². The molecule has 1 N–H and O–H groups in total. The van der Waals surface area contributed by atoms with Gasteiger partial charge < -0.3 is 19.5 Å². The van der Waals surface area contributed by atoms with Gasteiger partial charge in [0.05, 0.1) is 19.1 Å². The predicted molar refractivity (Wildman–Crippen MR) is 191 cm³/mol. The fourth-order valence-electron chi connectivity index (χ4n) is 5.84. The Hall–Kier alpha value is -1.14. The van der Waals surface area contributed by atoms with Crippen LogP contribution in [0.4, 0.5) is 0 Å². The number of aliphatic hydroxyl groups excluding tert-OH is 1. The van der Waals surface area contributed by atoms with E-state index in [9.17, 15) is 14.7 Å². The van der Waals surface area contributed by atoms with Gasteiger partial charge in [-0.2, -0.15) is 0 Å². The van der Waals surface area contributed by atoms with Crippen LogP contribution in [0, 0.1) is 11.8 Å². The lowest BCUT2D eigenvalue weighted by molar-refractivity contribution is -0.148. The molecule has 0 amide bonds. The molecule has 45 heavy (non-hydrogen) atoms. The predicted octanol–water partition coefficient (Wildman–Crippen LogP) is 10.4. The first-order valence-electron chi connectivity index (χ1n) is 19.6. The van der Waals surface area contributed by atoms with Crippen LogP contribution in [0.1, 0.15) is 188 Å². The fraction of sp³-hybridized carbons (Fsp3) is 0.949. The van der Waals surface area contributed by atoms with Gasteiger partial charge >= 0.3 is 11.9 Å². The maximum Gasteiger partial charge on any atom is 0.308 e. The molecule has 0 heterocycles. The van der Waals surface area contributed by atoms with Gasteiger partial charge in [-0.25, -0.2) is 0 Å². The number of carbonyl (C=O) groups excluding carboxylic acids is 2. The summed E-state index contributed by atoms with van der Waals surface area (Å²) in [6.07, 6.45) is 28.4. The van der Waals surface area contributed by atoms with Crippen LogP contribution in [0.25, 0.3) is 0 Å². The molecule has 0 aliphatic heterocycles. The molecule has 0 radical (unpaired) electrons. The van der Waals surface area contributed by atoms with Crippen LogP contribution in [0.2, 0.25) is 0 Å². The topological polar surface area (TPSA) is 76.1 Å². The zero-order chi connectivity index (χ0) is 33.2. The van der Waals surface area contributed by atoms with E-state index in [1.54, 1.807) is 0 Å². The van der Waals surface area contributed by atoms with Gasteiger partial charge in [-0.1, -0.05) is 137 Å². The van der Waals surface area contributed by atoms with Crippen LogP contribution in [0.5, 0.6) is 0 Å². The van der Waals surface area contributed by atoms with Crippen LogP contribution in [-0.2, 0) is 19.1 Å². The number of aliphatic hydroxyl groups is 1. The summed E-state index contributed by atoms with van der Waals surface area (Å²) in [6, 6.07) is 0. The molecular weight excluding hydrogens is 562 g/mol. The fourth-order valence-corrected chi connectivity index (χ4v) is 5.84. The lowest BCUT2D eigenvalue weighted by atomic mass is 10.0. The van der Waals surface area contributed by atoms with E-state index in [1.165, 1.54) is 89.9 Å². The highest BCUT2D eigenvalue weighted by molar-refractivity contribution is 5.71. The van der Waals surface area contributed by atoms with Crippen molar-refractivity contribution >= 4 is 11.9 Å². The van der Waals surface area contributed by atoms with Crippen LogP contribution in [-0.4, -0.2) is 61.4 Å². The monoisotopic (exact) mass is 640 g/mol. The van der Waals surface area contributed by atoms with Crippen LogP contribution >= 0.6 is 0 Å². The molecule has 0 aromatic heterocycles. The van der Waals surface area contributed by atoms with Gasteiger partial charge in [-0.05, 0) is 64.0 Å². The summed E-state index contributed by atoms with van der Waals surface area (Å²) < 4.78 is 10.9. The summed E-state index contributed by atoms with van der Waals surface area (Å²) in [4.78, 5) is 26.7. The van der Waals surface area contributed by atoms with E-state index < -0.39 is 0 Å². The number of hydrogen-bond acceptors (Lipinski definition) is 6. The van der Waals surface area contributed by atoms with Crippen molar-refractivity contribution in [1.29, 1.82) is 0 Å². The normalized spacial score (nSPS) is 12.2. The van der Waals surface area contributed by atoms with Crippen molar-refractivity contribution in [3.63, 3.8) is 0 Å². The minimum absolute atomic E-state index is 0.00218. The van der Waals surface area contributed by atoms with E-state index in [2.05, 4.69) is 25.7 Å². The van der Waals surface area contributed by atoms with Crippen LogP contribution in [0.15, 0.2) is 0 Å². The quantitative estimate of drug-likeness (QED) is 0.0549. The number of rotatable bonds is 35. The van der Waals surface area contributed by atoms with Gasteiger partial charge in [0.25, 0.3) is 0 Å². The maximum absolute atomic E-state index is 12.3. The summed E-state index contributed by atoms with van der Waals surface area (Å²) in [6.45, 7) is 13.3. The number of ether oxygens (including phenoxy) is 2. The molecule has 0 fully saturated rings. The van der Waals surface area contributed by atoms with E-state index in [-0.39, 0.29) is 24.5 Å². The highest BCUT2D eigenvalue weighted by Crippen LogP contribution is 2.15. The molecule has 0 aromatic rings. The molecule has 0 aliphatic carbocycles. The van der Waals surface area contributed by atoms with Crippen molar-refractivity contribution < 1.29 is 24.2 Å². The number of unbranched alkanes of at least 4 members (excludes halogenated alkanes) is 17. The molecule has 0 bridgehead atoms. The molecular formula is C39H77NO5. The van der Waals surface area contributed by atoms with Crippen LogP contribution in [0.3, 0.4) is 0 Å². The third-order valence-electron chi connectivity index (χ3n) is 8.93. The smallest absolute Gasteiger partial charge is 0.308 e. The molecule has 0 saturated carbocycles. The zero-order valence-corrected chi connectivity index (χ0v) is 30.6. The van der Waals surface area contributed by atoms with Crippen molar-refractivity contribution in [2.45, 2.75) is 188 Å². The summed E-state index contributed by atoms with van der Waals surface area (Å²) in [7, 11) is 0. The molecule has 6 nitrogen and oxygen atoms in total. The standard InChI is InChI=1S/C39H77NO5/c1-5-6-7-8-9-17-24-34-44-38(42)29-21-13-10-15-22-30-40(32-26-33-41)31-23-16-14-20-28-37(4)39(43)45-35-25-18-11-12-19-27-36(2)3/h36-37,41H,5-35H2,1-4H3. The van der Waals surface area contributed by atoms with Crippen molar-refractivity contribution in [2.24, 2.45) is 11.8 Å². The molecule has 0 spiro atoms. The van der Waals surface area contributed by atoms with E-state index >= 15 is 0 Å². The molecule has 1 unspecified atom stereocenters. The van der Waals surface area contributed by atoms with Gasteiger partial charge in [-0.3, -0.25) is 9.59 Å². The van der Waals surface area contributed by atoms with Crippen LogP contribution < -0.4 is 0 Å². The largest absolute Gasteiger partial charge is 0.466 e. The van der Waals surface area contributed by atoms with E-state index in [1.807, 2.05) is 6.92 Å². The van der Waals surface area contributed by atoms with Crippen molar-refractivity contribution in [3.8, 4) is 0 Å². The summed E-state index contributed by atoms with van der Waals surface area (Å²) in [5, 5.41) is 9.31. The molecule has 0 rings (SSSR count). The first-order chi connectivity index (χ1) is 21.9. The second-order valence-corrected chi connectivity index (χ2v) is 14.0. The van der Waals surface area contributed by atoms with Gasteiger partial charge in [0.15, 0.2) is 0 Å². The third kappa shape index (κ3) is 32.6. The van der Waals surface area contributed by atoms with Gasteiger partial charge in [0.2, 0.25) is 0 Å². The Morgan fingerprint density at radius 3 is 1.60 bits per heavy atom.